The van der Waals surface area contributed by atoms with E-state index in [1.54, 1.807) is 10.8 Å². The molecule has 2 aliphatic heterocycles. The van der Waals surface area contributed by atoms with Crippen LogP contribution in [0, 0.1) is 6.92 Å². The second-order valence-electron chi connectivity index (χ2n) is 8.59. The molecular weight excluding hydrogens is 342 g/mol. The molecule has 1 saturated heterocycles. The molecular formula is C25H28NSi+. The molecule has 3 heterocycles. The summed E-state index contributed by atoms with van der Waals surface area (Å²) in [6.45, 7) is 2.25. The third-order valence-electron chi connectivity index (χ3n) is 6.98. The number of rotatable bonds is 2. The second kappa shape index (κ2) is 6.45. The zero-order valence-corrected chi connectivity index (χ0v) is 17.5. The van der Waals surface area contributed by atoms with E-state index in [0.29, 0.717) is 0 Å². The van der Waals surface area contributed by atoms with Crippen LogP contribution in [0.25, 0.3) is 22.4 Å². The average molecular weight is 371 g/mol. The lowest BCUT2D eigenvalue weighted by Crippen LogP contribution is -2.44. The summed E-state index contributed by atoms with van der Waals surface area (Å²) in [6, 6.07) is 24.8. The molecule has 2 heteroatoms. The topological polar surface area (TPSA) is 3.88 Å². The van der Waals surface area contributed by atoms with E-state index < -0.39 is 8.07 Å². The minimum Gasteiger partial charge on any atom is -0.201 e. The second-order valence-corrected chi connectivity index (χ2v) is 13.2. The average Bonchev–Trinajstić information content (AvgIpc) is 3.31. The number of aryl methyl sites for hydroxylation is 3. The van der Waals surface area contributed by atoms with Crippen LogP contribution < -0.4 is 9.75 Å². The molecule has 0 radical (unpaired) electrons. The van der Waals surface area contributed by atoms with Crippen molar-refractivity contribution in [1.29, 1.82) is 0 Å². The van der Waals surface area contributed by atoms with Crippen molar-refractivity contribution < 1.29 is 4.57 Å². The van der Waals surface area contributed by atoms with Crippen LogP contribution in [0.4, 0.5) is 0 Å². The van der Waals surface area contributed by atoms with E-state index >= 15 is 0 Å². The van der Waals surface area contributed by atoms with Crippen LogP contribution in [0.3, 0.4) is 0 Å². The van der Waals surface area contributed by atoms with E-state index in [2.05, 4.69) is 79.3 Å². The Morgan fingerprint density at radius 3 is 2.41 bits per heavy atom. The Morgan fingerprint density at radius 2 is 1.63 bits per heavy atom. The number of pyridine rings is 1. The first-order chi connectivity index (χ1) is 13.2. The van der Waals surface area contributed by atoms with E-state index in [4.69, 9.17) is 0 Å². The molecule has 0 saturated carbocycles. The fraction of sp³-hybridized carbons (Fsp3) is 0.320. The molecule has 0 aliphatic carbocycles. The van der Waals surface area contributed by atoms with Crippen molar-refractivity contribution in [3.05, 3.63) is 71.9 Å². The number of aromatic nitrogens is 1. The molecule has 3 aromatic rings. The molecule has 0 atom stereocenters. The van der Waals surface area contributed by atoms with Crippen molar-refractivity contribution in [3.8, 4) is 22.4 Å². The number of fused-ring (bicyclic) bond motifs is 2. The van der Waals surface area contributed by atoms with Gasteiger partial charge in [-0.2, -0.15) is 0 Å². The Kier molecular flexibility index (Phi) is 4.05. The number of hydrogen-bond acceptors (Lipinski definition) is 0. The maximum absolute atomic E-state index is 2.59. The molecule has 1 spiro atoms. The van der Waals surface area contributed by atoms with E-state index in [0.717, 1.165) is 0 Å². The van der Waals surface area contributed by atoms with Gasteiger partial charge in [0.25, 0.3) is 0 Å². The summed E-state index contributed by atoms with van der Waals surface area (Å²) in [4.78, 5) is 0. The Bertz CT molecular complexity index is 1000. The summed E-state index contributed by atoms with van der Waals surface area (Å²) in [5.74, 6) is 0. The Balaban J connectivity index is 1.65. The van der Waals surface area contributed by atoms with E-state index in [-0.39, 0.29) is 0 Å². The summed E-state index contributed by atoms with van der Waals surface area (Å²) in [5, 5.41) is 1.79. The van der Waals surface area contributed by atoms with Gasteiger partial charge >= 0.3 is 0 Å². The quantitative estimate of drug-likeness (QED) is 0.433. The SMILES string of the molecule is Cc1ccc(-c2ccccc2)cc1-c1cc2c(c[n+]1C)CC[Si]21CCCC1. The van der Waals surface area contributed by atoms with Crippen LogP contribution in [-0.2, 0) is 13.5 Å². The number of hydrogen-bond donors (Lipinski definition) is 0. The van der Waals surface area contributed by atoms with Gasteiger partial charge in [0, 0.05) is 17.2 Å². The maximum Gasteiger partial charge on any atom is 0.212 e. The molecule has 0 bridgehead atoms. The van der Waals surface area contributed by atoms with Gasteiger partial charge in [0.2, 0.25) is 5.69 Å². The third kappa shape index (κ3) is 2.78. The van der Waals surface area contributed by atoms with Gasteiger partial charge in [-0.1, -0.05) is 67.4 Å². The Morgan fingerprint density at radius 1 is 0.852 bits per heavy atom. The fourth-order valence-corrected chi connectivity index (χ4v) is 10.9. The van der Waals surface area contributed by atoms with Gasteiger partial charge in [-0.15, -0.1) is 0 Å². The predicted octanol–water partition coefficient (Wildman–Crippen LogP) is 5.16. The highest BCUT2D eigenvalue weighted by Gasteiger charge is 2.44. The van der Waals surface area contributed by atoms with Gasteiger partial charge < -0.3 is 0 Å². The molecule has 5 rings (SSSR count). The standard InChI is InChI=1S/C25H28NSi/c1-19-10-11-21(20-8-4-3-5-9-20)16-23(19)24-17-25-22(18-26(24)2)12-15-27(25)13-6-7-14-27/h3-5,8-11,16-18H,6-7,12-15H2,1-2H3/q+1. The highest BCUT2D eigenvalue weighted by atomic mass is 28.3. The highest BCUT2D eigenvalue weighted by molar-refractivity contribution is 6.93. The van der Waals surface area contributed by atoms with E-state index in [9.17, 15) is 0 Å². The molecule has 0 N–H and O–H groups in total. The number of benzene rings is 2. The minimum absolute atomic E-state index is 1.19. The fourth-order valence-electron chi connectivity index (χ4n) is 5.45. The van der Waals surface area contributed by atoms with Gasteiger partial charge in [-0.3, -0.25) is 0 Å². The van der Waals surface area contributed by atoms with Crippen molar-refractivity contribution in [3.63, 3.8) is 0 Å². The predicted molar refractivity (Wildman–Crippen MR) is 116 cm³/mol. The van der Waals surface area contributed by atoms with Crippen molar-refractivity contribution in [2.45, 2.75) is 44.3 Å². The monoisotopic (exact) mass is 370 g/mol. The summed E-state index contributed by atoms with van der Waals surface area (Å²) >= 11 is 0. The Hall–Kier alpha value is -2.19. The zero-order chi connectivity index (χ0) is 18.4. The van der Waals surface area contributed by atoms with Crippen LogP contribution in [0.1, 0.15) is 24.0 Å². The Labute approximate surface area is 163 Å². The zero-order valence-electron chi connectivity index (χ0n) is 16.5. The van der Waals surface area contributed by atoms with Gasteiger partial charge in [0.15, 0.2) is 6.20 Å². The van der Waals surface area contributed by atoms with Crippen LogP contribution in [-0.4, -0.2) is 8.07 Å². The van der Waals surface area contributed by atoms with Crippen LogP contribution in [0.2, 0.25) is 18.1 Å². The van der Waals surface area contributed by atoms with Crippen LogP contribution in [0.15, 0.2) is 60.8 Å². The third-order valence-corrected chi connectivity index (χ3v) is 12.4. The van der Waals surface area contributed by atoms with Crippen LogP contribution in [0.5, 0.6) is 0 Å². The van der Waals surface area contributed by atoms with Crippen molar-refractivity contribution in [1.82, 2.24) is 0 Å². The van der Waals surface area contributed by atoms with Crippen molar-refractivity contribution in [2.24, 2.45) is 7.05 Å². The first kappa shape index (κ1) is 16.9. The van der Waals surface area contributed by atoms with Gasteiger partial charge in [0.05, 0.1) is 8.07 Å². The largest absolute Gasteiger partial charge is 0.212 e. The summed E-state index contributed by atoms with van der Waals surface area (Å²) in [7, 11) is 1.04. The van der Waals surface area contributed by atoms with E-state index in [1.807, 2.05) is 0 Å². The summed E-state index contributed by atoms with van der Waals surface area (Å²) in [6.07, 6.45) is 6.69. The molecule has 27 heavy (non-hydrogen) atoms. The molecule has 0 unspecified atom stereocenters. The number of nitrogens with zero attached hydrogens (tertiary/aromatic N) is 1. The van der Waals surface area contributed by atoms with Gasteiger partial charge in [0.1, 0.15) is 7.05 Å². The molecule has 0 amide bonds. The summed E-state index contributed by atoms with van der Waals surface area (Å²) < 4.78 is 2.37. The van der Waals surface area contributed by atoms with Crippen molar-refractivity contribution >= 4 is 13.3 Å². The molecule has 2 aromatic carbocycles. The lowest BCUT2D eigenvalue weighted by atomic mass is 9.97. The first-order valence-electron chi connectivity index (χ1n) is 10.4. The molecule has 136 valence electrons. The normalized spacial score (nSPS) is 17.4. The van der Waals surface area contributed by atoms with Crippen LogP contribution >= 0.6 is 0 Å². The smallest absolute Gasteiger partial charge is 0.201 e. The molecule has 1 aromatic heterocycles. The van der Waals surface area contributed by atoms with Crippen molar-refractivity contribution in [2.75, 3.05) is 0 Å². The van der Waals surface area contributed by atoms with Gasteiger partial charge in [-0.05, 0) is 47.3 Å². The van der Waals surface area contributed by atoms with E-state index in [1.165, 1.54) is 65.3 Å². The molecule has 2 aliphatic rings. The maximum atomic E-state index is 2.59. The summed E-state index contributed by atoms with van der Waals surface area (Å²) in [5.41, 5.74) is 8.39. The van der Waals surface area contributed by atoms with Gasteiger partial charge in [-0.25, -0.2) is 4.57 Å². The molecule has 1 nitrogen and oxygen atoms in total. The minimum atomic E-state index is -1.19. The lowest BCUT2D eigenvalue weighted by Gasteiger charge is -2.21. The molecule has 1 fully saturated rings. The lowest BCUT2D eigenvalue weighted by molar-refractivity contribution is -0.660. The highest BCUT2D eigenvalue weighted by Crippen LogP contribution is 2.39. The first-order valence-corrected chi connectivity index (χ1v) is 13.0.